The van der Waals surface area contributed by atoms with Crippen molar-refractivity contribution in [2.75, 3.05) is 7.05 Å². The summed E-state index contributed by atoms with van der Waals surface area (Å²) in [7, 11) is 1.87. The molecule has 0 saturated heterocycles. The van der Waals surface area contributed by atoms with Gasteiger partial charge >= 0.3 is 0 Å². The minimum Gasteiger partial charge on any atom is -0.340 e. The van der Waals surface area contributed by atoms with Crippen molar-refractivity contribution < 1.29 is 4.79 Å². The fourth-order valence-corrected chi connectivity index (χ4v) is 2.29. The third-order valence-electron chi connectivity index (χ3n) is 3.49. The van der Waals surface area contributed by atoms with E-state index in [1.54, 1.807) is 0 Å². The van der Waals surface area contributed by atoms with Crippen LogP contribution < -0.4 is 0 Å². The number of carbonyl (C=O) groups excluding carboxylic acids is 1. The molecule has 4 heteroatoms. The molecular weight excluding hydrogens is 292 g/mol. The Morgan fingerprint density at radius 1 is 1.28 bits per heavy atom. The zero-order valence-electron chi connectivity index (χ0n) is 12.1. The first-order valence-corrected chi connectivity index (χ1v) is 7.19. The summed E-state index contributed by atoms with van der Waals surface area (Å²) in [6, 6.07) is 2.40. The summed E-state index contributed by atoms with van der Waals surface area (Å²) in [5.74, 6) is 0.528. The molecule has 1 atom stereocenters. The van der Waals surface area contributed by atoms with E-state index in [1.165, 1.54) is 0 Å². The molecule has 1 rings (SSSR count). The number of hydrogen-bond acceptors (Lipinski definition) is 1. The maximum absolute atomic E-state index is 12.5. The van der Waals surface area contributed by atoms with Crippen molar-refractivity contribution in [1.82, 2.24) is 9.47 Å². The first-order valence-electron chi connectivity index (χ1n) is 6.40. The highest BCUT2D eigenvalue weighted by Gasteiger charge is 2.23. The van der Waals surface area contributed by atoms with Crippen LogP contribution in [0.1, 0.15) is 51.1 Å². The molecule has 102 valence electrons. The molecule has 0 bridgehead atoms. The van der Waals surface area contributed by atoms with Gasteiger partial charge in [-0.3, -0.25) is 4.79 Å². The second-order valence-electron chi connectivity index (χ2n) is 5.45. The average molecular weight is 315 g/mol. The Balaban J connectivity index is 3.03. The molecule has 0 spiro atoms. The molecule has 0 aliphatic carbocycles. The van der Waals surface area contributed by atoms with Gasteiger partial charge in [-0.1, -0.05) is 13.8 Å². The molecule has 1 amide bonds. The number of amides is 1. The van der Waals surface area contributed by atoms with Gasteiger partial charge in [-0.2, -0.15) is 0 Å². The molecule has 0 fully saturated rings. The van der Waals surface area contributed by atoms with E-state index in [-0.39, 0.29) is 18.0 Å². The van der Waals surface area contributed by atoms with Gasteiger partial charge < -0.3 is 9.47 Å². The maximum Gasteiger partial charge on any atom is 0.270 e. The molecule has 0 radical (unpaired) electrons. The van der Waals surface area contributed by atoms with Gasteiger partial charge in [0.15, 0.2) is 0 Å². The molecule has 0 aliphatic heterocycles. The Bertz CT molecular complexity index is 423. The van der Waals surface area contributed by atoms with Crippen LogP contribution in [0.5, 0.6) is 0 Å². The summed E-state index contributed by atoms with van der Waals surface area (Å²) in [4.78, 5) is 14.3. The molecule has 1 heterocycles. The lowest BCUT2D eigenvalue weighted by atomic mass is 10.1. The highest BCUT2D eigenvalue weighted by atomic mass is 79.9. The third kappa shape index (κ3) is 3.16. The van der Waals surface area contributed by atoms with E-state index < -0.39 is 0 Å². The van der Waals surface area contributed by atoms with E-state index in [9.17, 15) is 4.79 Å². The van der Waals surface area contributed by atoms with Crippen molar-refractivity contribution in [3.05, 3.63) is 22.4 Å². The summed E-state index contributed by atoms with van der Waals surface area (Å²) in [5, 5.41) is 0. The van der Waals surface area contributed by atoms with Gasteiger partial charge in [0.1, 0.15) is 5.69 Å². The lowest BCUT2D eigenvalue weighted by Gasteiger charge is -2.28. The van der Waals surface area contributed by atoms with Crippen molar-refractivity contribution in [3.63, 3.8) is 0 Å². The molecule has 1 unspecified atom stereocenters. The van der Waals surface area contributed by atoms with Crippen molar-refractivity contribution in [2.24, 2.45) is 5.92 Å². The predicted molar refractivity (Wildman–Crippen MR) is 78.9 cm³/mol. The highest BCUT2D eigenvalue weighted by molar-refractivity contribution is 9.10. The largest absolute Gasteiger partial charge is 0.340 e. The Kier molecular flexibility index (Phi) is 5.02. The average Bonchev–Trinajstić information content (AvgIpc) is 2.68. The van der Waals surface area contributed by atoms with Crippen LogP contribution >= 0.6 is 15.9 Å². The van der Waals surface area contributed by atoms with E-state index in [2.05, 4.69) is 50.5 Å². The summed E-state index contributed by atoms with van der Waals surface area (Å²) in [6.07, 6.45) is 1.96. The number of aromatic nitrogens is 1. The van der Waals surface area contributed by atoms with Crippen LogP contribution in [0, 0.1) is 5.92 Å². The molecule has 1 aromatic heterocycles. The highest BCUT2D eigenvalue weighted by Crippen LogP contribution is 2.22. The monoisotopic (exact) mass is 314 g/mol. The summed E-state index contributed by atoms with van der Waals surface area (Å²) >= 11 is 3.44. The number of nitrogens with zero attached hydrogens (tertiary/aromatic N) is 2. The standard InChI is InChI=1S/C14H23BrN2O/c1-9(2)11(5)16(6)14(18)13-7-12(15)8-17(13)10(3)4/h7-11H,1-6H3. The van der Waals surface area contributed by atoms with Crippen LogP contribution in [0.3, 0.4) is 0 Å². The predicted octanol–water partition coefficient (Wildman–Crippen LogP) is 3.95. The summed E-state index contributed by atoms with van der Waals surface area (Å²) < 4.78 is 2.96. The van der Waals surface area contributed by atoms with Gasteiger partial charge in [-0.25, -0.2) is 0 Å². The van der Waals surface area contributed by atoms with Gasteiger partial charge in [0.05, 0.1) is 0 Å². The fraction of sp³-hybridized carbons (Fsp3) is 0.643. The Labute approximate surface area is 118 Å². The van der Waals surface area contributed by atoms with Crippen LogP contribution in [0.15, 0.2) is 16.7 Å². The lowest BCUT2D eigenvalue weighted by molar-refractivity contribution is 0.0694. The minimum atomic E-state index is 0.0793. The molecule has 0 aromatic carbocycles. The van der Waals surface area contributed by atoms with Crippen LogP contribution in [0.4, 0.5) is 0 Å². The second kappa shape index (κ2) is 5.91. The van der Waals surface area contributed by atoms with E-state index in [0.717, 1.165) is 10.2 Å². The second-order valence-corrected chi connectivity index (χ2v) is 6.36. The van der Waals surface area contributed by atoms with Crippen molar-refractivity contribution in [1.29, 1.82) is 0 Å². The van der Waals surface area contributed by atoms with Gasteiger partial charge in [0.25, 0.3) is 5.91 Å². The number of halogens is 1. The van der Waals surface area contributed by atoms with Gasteiger partial charge in [0, 0.05) is 29.8 Å². The summed E-state index contributed by atoms with van der Waals surface area (Å²) in [6.45, 7) is 10.5. The Hall–Kier alpha value is -0.770. The molecule has 1 aromatic rings. The van der Waals surface area contributed by atoms with E-state index in [4.69, 9.17) is 0 Å². The van der Waals surface area contributed by atoms with Crippen LogP contribution in [0.2, 0.25) is 0 Å². The molecule has 0 aliphatic rings. The first kappa shape index (κ1) is 15.3. The molecule has 0 N–H and O–H groups in total. The van der Waals surface area contributed by atoms with Crippen LogP contribution in [0.25, 0.3) is 0 Å². The SMILES string of the molecule is CC(C)C(C)N(C)C(=O)c1cc(Br)cn1C(C)C. The smallest absolute Gasteiger partial charge is 0.270 e. The molecule has 3 nitrogen and oxygen atoms in total. The molecule has 0 saturated carbocycles. The Morgan fingerprint density at radius 3 is 2.28 bits per heavy atom. The van der Waals surface area contributed by atoms with Crippen molar-refractivity contribution in [2.45, 2.75) is 46.7 Å². The van der Waals surface area contributed by atoms with Gasteiger partial charge in [-0.05, 0) is 48.7 Å². The normalized spacial score (nSPS) is 13.2. The lowest BCUT2D eigenvalue weighted by Crippen LogP contribution is -2.39. The summed E-state index contributed by atoms with van der Waals surface area (Å²) in [5.41, 5.74) is 0.742. The van der Waals surface area contributed by atoms with Crippen LogP contribution in [-0.4, -0.2) is 28.5 Å². The Morgan fingerprint density at radius 2 is 1.83 bits per heavy atom. The zero-order chi connectivity index (χ0) is 14.0. The number of carbonyl (C=O) groups is 1. The van der Waals surface area contributed by atoms with E-state index in [0.29, 0.717) is 5.92 Å². The van der Waals surface area contributed by atoms with Gasteiger partial charge in [-0.15, -0.1) is 0 Å². The van der Waals surface area contributed by atoms with E-state index >= 15 is 0 Å². The number of rotatable bonds is 4. The van der Waals surface area contributed by atoms with E-state index in [1.807, 2.05) is 28.8 Å². The topological polar surface area (TPSA) is 25.2 Å². The zero-order valence-corrected chi connectivity index (χ0v) is 13.7. The van der Waals surface area contributed by atoms with Crippen molar-refractivity contribution in [3.8, 4) is 0 Å². The first-order chi connectivity index (χ1) is 8.25. The number of hydrogen-bond donors (Lipinski definition) is 0. The maximum atomic E-state index is 12.5. The fourth-order valence-electron chi connectivity index (χ4n) is 1.86. The van der Waals surface area contributed by atoms with Gasteiger partial charge in [0.2, 0.25) is 0 Å². The third-order valence-corrected chi connectivity index (χ3v) is 3.92. The quantitative estimate of drug-likeness (QED) is 0.826. The van der Waals surface area contributed by atoms with Crippen LogP contribution in [-0.2, 0) is 0 Å². The molecule has 18 heavy (non-hydrogen) atoms. The minimum absolute atomic E-state index is 0.0793. The van der Waals surface area contributed by atoms with Crippen molar-refractivity contribution >= 4 is 21.8 Å². The molecular formula is C14H23BrN2O.